The second-order valence-corrected chi connectivity index (χ2v) is 4.91. The van der Waals surface area contributed by atoms with Crippen LogP contribution in [0.25, 0.3) is 0 Å². The predicted molar refractivity (Wildman–Crippen MR) is 78.3 cm³/mol. The quantitative estimate of drug-likeness (QED) is 0.855. The number of halogens is 1. The highest BCUT2D eigenvalue weighted by molar-refractivity contribution is 6.30. The number of nitrogens with one attached hydrogen (secondary N) is 1. The molecule has 0 unspecified atom stereocenters. The van der Waals surface area contributed by atoms with Crippen LogP contribution >= 0.6 is 11.6 Å². The van der Waals surface area contributed by atoms with Gasteiger partial charge in [0.15, 0.2) is 0 Å². The van der Waals surface area contributed by atoms with E-state index in [1.54, 1.807) is 12.4 Å². The van der Waals surface area contributed by atoms with Crippen LogP contribution < -0.4 is 11.2 Å². The highest BCUT2D eigenvalue weighted by Crippen LogP contribution is 2.08. The first-order valence-corrected chi connectivity index (χ1v) is 6.91. The summed E-state index contributed by atoms with van der Waals surface area (Å²) in [5.41, 5.74) is 0.741. The van der Waals surface area contributed by atoms with Crippen molar-refractivity contribution in [2.45, 2.75) is 32.7 Å². The highest BCUT2D eigenvalue weighted by Gasteiger charge is 2.11. The van der Waals surface area contributed by atoms with Crippen molar-refractivity contribution >= 4 is 11.6 Å². The van der Waals surface area contributed by atoms with Gasteiger partial charge in [-0.1, -0.05) is 24.9 Å². The molecule has 106 valence electrons. The van der Waals surface area contributed by atoms with Crippen LogP contribution in [0.2, 0.25) is 5.15 Å². The molecule has 0 aliphatic heterocycles. The molecule has 0 saturated carbocycles. The van der Waals surface area contributed by atoms with Crippen LogP contribution in [0.3, 0.4) is 0 Å². The van der Waals surface area contributed by atoms with Crippen LogP contribution in [0, 0.1) is 0 Å². The summed E-state index contributed by atoms with van der Waals surface area (Å²) in [5.74, 6) is 0. The smallest absolute Gasteiger partial charge is 0.297 e. The summed E-state index contributed by atoms with van der Waals surface area (Å²) in [7, 11) is 0. The maximum absolute atomic E-state index is 12.3. The first kappa shape index (κ1) is 14.5. The lowest BCUT2D eigenvalue weighted by molar-refractivity contribution is 0.616. The Hall–Kier alpha value is -1.88. The number of nitrogens with zero attached hydrogens (tertiary/aromatic N) is 2. The zero-order chi connectivity index (χ0) is 14.5. The Morgan fingerprint density at radius 2 is 1.95 bits per heavy atom. The Kier molecular flexibility index (Phi) is 4.74. The van der Waals surface area contributed by atoms with E-state index in [1.165, 1.54) is 4.57 Å². The monoisotopic (exact) mass is 293 g/mol. The van der Waals surface area contributed by atoms with Crippen molar-refractivity contribution in [1.82, 2.24) is 14.5 Å². The van der Waals surface area contributed by atoms with Gasteiger partial charge in [-0.2, -0.15) is 0 Å². The third-order valence-corrected chi connectivity index (χ3v) is 3.43. The van der Waals surface area contributed by atoms with Gasteiger partial charge in [0.1, 0.15) is 5.15 Å². The molecule has 0 saturated heterocycles. The molecule has 2 aromatic heterocycles. The number of rotatable bonds is 5. The minimum absolute atomic E-state index is 0.155. The van der Waals surface area contributed by atoms with Crippen LogP contribution in [0.15, 0.2) is 34.1 Å². The molecular formula is C14H16ClN3O2. The van der Waals surface area contributed by atoms with Gasteiger partial charge in [0.2, 0.25) is 0 Å². The first-order valence-electron chi connectivity index (χ1n) is 6.54. The predicted octanol–water partition coefficient (Wildman–Crippen LogP) is 1.78. The number of aryl methyl sites for hydroxylation is 1. The summed E-state index contributed by atoms with van der Waals surface area (Å²) < 4.78 is 1.21. The van der Waals surface area contributed by atoms with Gasteiger partial charge in [0.05, 0.1) is 5.56 Å². The van der Waals surface area contributed by atoms with E-state index in [0.717, 1.165) is 12.0 Å². The normalized spacial score (nSPS) is 10.7. The molecular weight excluding hydrogens is 278 g/mol. The van der Waals surface area contributed by atoms with Crippen molar-refractivity contribution in [2.75, 3.05) is 0 Å². The van der Waals surface area contributed by atoms with E-state index in [0.29, 0.717) is 24.9 Å². The molecule has 2 heterocycles. The van der Waals surface area contributed by atoms with Crippen molar-refractivity contribution in [3.63, 3.8) is 0 Å². The van der Waals surface area contributed by atoms with Crippen molar-refractivity contribution < 1.29 is 0 Å². The lowest BCUT2D eigenvalue weighted by Crippen LogP contribution is -2.38. The fourth-order valence-corrected chi connectivity index (χ4v) is 2.30. The van der Waals surface area contributed by atoms with E-state index in [4.69, 9.17) is 11.6 Å². The molecule has 0 atom stereocenters. The first-order chi connectivity index (χ1) is 9.63. The Balaban J connectivity index is 2.30. The number of hydrogen-bond donors (Lipinski definition) is 1. The fraction of sp³-hybridized carbons (Fsp3) is 0.357. The molecule has 2 aromatic rings. The third-order valence-electron chi connectivity index (χ3n) is 3.10. The largest absolute Gasteiger partial charge is 0.329 e. The minimum atomic E-state index is -0.464. The lowest BCUT2D eigenvalue weighted by Gasteiger charge is -2.08. The Morgan fingerprint density at radius 3 is 2.60 bits per heavy atom. The van der Waals surface area contributed by atoms with Crippen LogP contribution in [0.1, 0.15) is 24.5 Å². The van der Waals surface area contributed by atoms with E-state index >= 15 is 0 Å². The molecule has 0 aliphatic carbocycles. The van der Waals surface area contributed by atoms with Crippen molar-refractivity contribution in [1.29, 1.82) is 0 Å². The molecule has 5 nitrogen and oxygen atoms in total. The average Bonchev–Trinajstić information content (AvgIpc) is 2.44. The van der Waals surface area contributed by atoms with E-state index in [9.17, 15) is 9.59 Å². The summed E-state index contributed by atoms with van der Waals surface area (Å²) in [5, 5.41) is 0.155. The maximum Gasteiger partial charge on any atom is 0.329 e. The molecule has 0 radical (unpaired) electrons. The van der Waals surface area contributed by atoms with Gasteiger partial charge in [-0.25, -0.2) is 4.79 Å². The van der Waals surface area contributed by atoms with Gasteiger partial charge in [-0.05, 0) is 30.5 Å². The molecule has 0 spiro atoms. The van der Waals surface area contributed by atoms with E-state index in [2.05, 4.69) is 9.97 Å². The average molecular weight is 294 g/mol. The summed E-state index contributed by atoms with van der Waals surface area (Å²) in [6, 6.07) is 3.73. The zero-order valence-corrected chi connectivity index (χ0v) is 12.0. The Labute approximate surface area is 121 Å². The number of pyridine rings is 1. The number of aromatic amines is 1. The van der Waals surface area contributed by atoms with Gasteiger partial charge in [0, 0.05) is 18.9 Å². The molecule has 0 fully saturated rings. The van der Waals surface area contributed by atoms with Crippen LogP contribution in [-0.4, -0.2) is 14.5 Å². The van der Waals surface area contributed by atoms with Crippen LogP contribution in [-0.2, 0) is 19.4 Å². The number of H-pyrrole nitrogens is 1. The van der Waals surface area contributed by atoms with E-state index in [-0.39, 0.29) is 10.7 Å². The maximum atomic E-state index is 12.3. The zero-order valence-electron chi connectivity index (χ0n) is 11.2. The number of aromatic nitrogens is 3. The lowest BCUT2D eigenvalue weighted by atomic mass is 10.2. The Morgan fingerprint density at radius 1 is 1.25 bits per heavy atom. The number of hydrogen-bond acceptors (Lipinski definition) is 3. The van der Waals surface area contributed by atoms with Crippen molar-refractivity contribution in [2.24, 2.45) is 0 Å². The SMILES string of the molecule is CCCc1c(Cl)[nH]c(=O)n(CCc2ccncc2)c1=O. The van der Waals surface area contributed by atoms with Crippen LogP contribution in [0.5, 0.6) is 0 Å². The Bertz CT molecular complexity index is 692. The topological polar surface area (TPSA) is 67.8 Å². The molecule has 0 aliphatic rings. The highest BCUT2D eigenvalue weighted by atomic mass is 35.5. The molecule has 0 bridgehead atoms. The van der Waals surface area contributed by atoms with Gasteiger partial charge < -0.3 is 0 Å². The van der Waals surface area contributed by atoms with E-state index in [1.807, 2.05) is 19.1 Å². The molecule has 0 amide bonds. The molecule has 20 heavy (non-hydrogen) atoms. The minimum Gasteiger partial charge on any atom is -0.297 e. The standard InChI is InChI=1S/C14H16ClN3O2/c1-2-3-11-12(15)17-14(20)18(13(11)19)9-6-10-4-7-16-8-5-10/h4-5,7-8H,2-3,6,9H2,1H3,(H,17,20). The van der Waals surface area contributed by atoms with Gasteiger partial charge in [0.25, 0.3) is 5.56 Å². The van der Waals surface area contributed by atoms with Gasteiger partial charge >= 0.3 is 5.69 Å². The fourth-order valence-electron chi connectivity index (χ4n) is 2.05. The second-order valence-electron chi connectivity index (χ2n) is 4.53. The summed E-state index contributed by atoms with van der Waals surface area (Å²) in [6.45, 7) is 2.29. The van der Waals surface area contributed by atoms with Crippen LogP contribution in [0.4, 0.5) is 0 Å². The van der Waals surface area contributed by atoms with Gasteiger partial charge in [-0.3, -0.25) is 19.3 Å². The van der Waals surface area contributed by atoms with Gasteiger partial charge in [-0.15, -0.1) is 0 Å². The second kappa shape index (κ2) is 6.52. The molecule has 0 aromatic carbocycles. The molecule has 6 heteroatoms. The molecule has 2 rings (SSSR count). The van der Waals surface area contributed by atoms with Crippen molar-refractivity contribution in [3.05, 3.63) is 61.6 Å². The van der Waals surface area contributed by atoms with E-state index < -0.39 is 5.69 Å². The third kappa shape index (κ3) is 3.17. The summed E-state index contributed by atoms with van der Waals surface area (Å²) in [6.07, 6.45) is 5.33. The van der Waals surface area contributed by atoms with Crippen molar-refractivity contribution in [3.8, 4) is 0 Å². The molecule has 1 N–H and O–H groups in total. The summed E-state index contributed by atoms with van der Waals surface area (Å²) in [4.78, 5) is 30.6. The summed E-state index contributed by atoms with van der Waals surface area (Å²) >= 11 is 5.93.